The molecule has 25 heavy (non-hydrogen) atoms. The Bertz CT molecular complexity index is 804. The molecule has 0 aromatic heterocycles. The first-order chi connectivity index (χ1) is 11.9. The molecule has 0 aliphatic carbocycles. The topological polar surface area (TPSA) is 72.5 Å². The highest BCUT2D eigenvalue weighted by molar-refractivity contribution is 6.09. The van der Waals surface area contributed by atoms with E-state index in [1.54, 1.807) is 25.1 Å². The summed E-state index contributed by atoms with van der Waals surface area (Å²) in [6.07, 6.45) is 0. The molecular formula is C19H18FNO4. The average molecular weight is 343 g/mol. The van der Waals surface area contributed by atoms with Crippen LogP contribution in [-0.4, -0.2) is 24.3 Å². The van der Waals surface area contributed by atoms with Crippen molar-refractivity contribution in [2.45, 2.75) is 19.9 Å². The average Bonchev–Trinajstić information content (AvgIpc) is 2.59. The van der Waals surface area contributed by atoms with Crippen molar-refractivity contribution in [2.24, 2.45) is 0 Å². The molecule has 0 aliphatic heterocycles. The molecule has 6 heteroatoms. The van der Waals surface area contributed by atoms with Gasteiger partial charge in [0.05, 0.1) is 12.2 Å². The maximum absolute atomic E-state index is 13.8. The third-order valence-electron chi connectivity index (χ3n) is 3.47. The summed E-state index contributed by atoms with van der Waals surface area (Å²) < 4.78 is 18.8. The van der Waals surface area contributed by atoms with Crippen molar-refractivity contribution in [1.82, 2.24) is 5.32 Å². The minimum atomic E-state index is -1.04. The lowest BCUT2D eigenvalue weighted by atomic mass is 9.98. The van der Waals surface area contributed by atoms with Gasteiger partial charge in [-0.05, 0) is 30.7 Å². The number of benzene rings is 2. The van der Waals surface area contributed by atoms with E-state index in [0.717, 1.165) is 0 Å². The van der Waals surface area contributed by atoms with Crippen LogP contribution in [0.3, 0.4) is 0 Å². The summed E-state index contributed by atoms with van der Waals surface area (Å²) in [7, 11) is 0. The Morgan fingerprint density at radius 1 is 1.12 bits per heavy atom. The van der Waals surface area contributed by atoms with Crippen molar-refractivity contribution in [2.75, 3.05) is 6.61 Å². The number of amides is 1. The molecule has 2 rings (SSSR count). The summed E-state index contributed by atoms with van der Waals surface area (Å²) in [6, 6.07) is 10.8. The van der Waals surface area contributed by atoms with E-state index in [-0.39, 0.29) is 17.7 Å². The first-order valence-electron chi connectivity index (χ1n) is 7.77. The molecule has 2 aromatic rings. The Kier molecular flexibility index (Phi) is 6.00. The van der Waals surface area contributed by atoms with Crippen molar-refractivity contribution >= 4 is 17.7 Å². The maximum Gasteiger partial charge on any atom is 0.333 e. The summed E-state index contributed by atoms with van der Waals surface area (Å²) >= 11 is 0. The molecule has 1 N–H and O–H groups in total. The van der Waals surface area contributed by atoms with Gasteiger partial charge < -0.3 is 10.1 Å². The zero-order valence-corrected chi connectivity index (χ0v) is 13.9. The van der Waals surface area contributed by atoms with E-state index in [2.05, 4.69) is 5.32 Å². The van der Waals surface area contributed by atoms with Crippen molar-refractivity contribution in [1.29, 1.82) is 0 Å². The van der Waals surface area contributed by atoms with Gasteiger partial charge in [0, 0.05) is 12.5 Å². The van der Waals surface area contributed by atoms with Crippen LogP contribution in [0.1, 0.15) is 41.4 Å². The van der Waals surface area contributed by atoms with E-state index in [1.807, 2.05) is 0 Å². The van der Waals surface area contributed by atoms with Gasteiger partial charge in [0.25, 0.3) is 0 Å². The molecule has 0 saturated carbocycles. The fourth-order valence-corrected chi connectivity index (χ4v) is 2.37. The van der Waals surface area contributed by atoms with Crippen LogP contribution < -0.4 is 5.32 Å². The van der Waals surface area contributed by atoms with Crippen LogP contribution in [0.15, 0.2) is 48.5 Å². The molecule has 1 unspecified atom stereocenters. The lowest BCUT2D eigenvalue weighted by Gasteiger charge is -2.17. The number of rotatable bonds is 6. The standard InChI is InChI=1S/C19H18FNO4/c1-3-25-19(24)17(21-12(2)22)13-7-6-8-14(11-13)18(23)15-9-4-5-10-16(15)20/h4-11,17H,3H2,1-2H3,(H,21,22). The molecule has 0 saturated heterocycles. The number of hydrogen-bond donors (Lipinski definition) is 1. The van der Waals surface area contributed by atoms with Crippen LogP contribution in [0, 0.1) is 5.82 Å². The minimum Gasteiger partial charge on any atom is -0.464 e. The lowest BCUT2D eigenvalue weighted by molar-refractivity contribution is -0.147. The molecule has 0 spiro atoms. The Labute approximate surface area is 144 Å². The zero-order chi connectivity index (χ0) is 18.4. The summed E-state index contributed by atoms with van der Waals surface area (Å²) in [4.78, 5) is 36.0. The summed E-state index contributed by atoms with van der Waals surface area (Å²) in [6.45, 7) is 3.09. The highest BCUT2D eigenvalue weighted by Crippen LogP contribution is 2.20. The van der Waals surface area contributed by atoms with E-state index < -0.39 is 29.5 Å². The molecule has 1 atom stereocenters. The van der Waals surface area contributed by atoms with E-state index in [0.29, 0.717) is 5.56 Å². The van der Waals surface area contributed by atoms with Crippen LogP contribution in [0.4, 0.5) is 4.39 Å². The van der Waals surface area contributed by atoms with E-state index in [9.17, 15) is 18.8 Å². The van der Waals surface area contributed by atoms with Gasteiger partial charge in [0.15, 0.2) is 11.8 Å². The van der Waals surface area contributed by atoms with E-state index in [1.165, 1.54) is 37.3 Å². The number of halogens is 1. The number of carbonyl (C=O) groups excluding carboxylic acids is 3. The maximum atomic E-state index is 13.8. The van der Waals surface area contributed by atoms with Crippen LogP contribution in [0.5, 0.6) is 0 Å². The van der Waals surface area contributed by atoms with Crippen LogP contribution in [0.25, 0.3) is 0 Å². The number of carbonyl (C=O) groups is 3. The zero-order valence-electron chi connectivity index (χ0n) is 13.9. The van der Waals surface area contributed by atoms with E-state index >= 15 is 0 Å². The number of ether oxygens (including phenoxy) is 1. The number of hydrogen-bond acceptors (Lipinski definition) is 4. The minimum absolute atomic E-state index is 0.0631. The first kappa shape index (κ1) is 18.3. The quantitative estimate of drug-likeness (QED) is 0.647. The fraction of sp³-hybridized carbons (Fsp3) is 0.211. The number of esters is 1. The smallest absolute Gasteiger partial charge is 0.333 e. The van der Waals surface area contributed by atoms with Gasteiger partial charge in [0.2, 0.25) is 5.91 Å². The summed E-state index contributed by atoms with van der Waals surface area (Å²) in [5, 5.41) is 2.50. The Morgan fingerprint density at radius 2 is 1.84 bits per heavy atom. The predicted octanol–water partition coefficient (Wildman–Crippen LogP) is 2.80. The highest BCUT2D eigenvalue weighted by Gasteiger charge is 2.24. The lowest BCUT2D eigenvalue weighted by Crippen LogP contribution is -2.33. The Morgan fingerprint density at radius 3 is 2.48 bits per heavy atom. The second-order valence-corrected chi connectivity index (χ2v) is 5.32. The second-order valence-electron chi connectivity index (χ2n) is 5.32. The van der Waals surface area contributed by atoms with Crippen molar-refractivity contribution in [3.05, 3.63) is 71.0 Å². The van der Waals surface area contributed by atoms with Crippen molar-refractivity contribution in [3.63, 3.8) is 0 Å². The van der Waals surface area contributed by atoms with Gasteiger partial charge in [-0.2, -0.15) is 0 Å². The summed E-state index contributed by atoms with van der Waals surface area (Å²) in [5.74, 6) is -2.18. The molecule has 5 nitrogen and oxygen atoms in total. The van der Waals surface area contributed by atoms with Crippen molar-refractivity contribution in [3.8, 4) is 0 Å². The molecule has 0 heterocycles. The number of ketones is 1. The molecule has 0 fully saturated rings. The Hall–Kier alpha value is -3.02. The molecular weight excluding hydrogens is 325 g/mol. The SMILES string of the molecule is CCOC(=O)C(NC(C)=O)c1cccc(C(=O)c2ccccc2F)c1. The third kappa shape index (κ3) is 4.50. The van der Waals surface area contributed by atoms with Gasteiger partial charge in [-0.25, -0.2) is 9.18 Å². The van der Waals surface area contributed by atoms with E-state index in [4.69, 9.17) is 4.74 Å². The summed E-state index contributed by atoms with van der Waals surface area (Å²) in [5.41, 5.74) is 0.532. The number of nitrogens with one attached hydrogen (secondary N) is 1. The Balaban J connectivity index is 2.38. The van der Waals surface area contributed by atoms with Crippen molar-refractivity contribution < 1.29 is 23.5 Å². The molecule has 0 aliphatic rings. The monoisotopic (exact) mass is 343 g/mol. The first-order valence-corrected chi connectivity index (χ1v) is 7.77. The highest BCUT2D eigenvalue weighted by atomic mass is 19.1. The van der Waals surface area contributed by atoms with Gasteiger partial charge in [-0.3, -0.25) is 9.59 Å². The predicted molar refractivity (Wildman–Crippen MR) is 89.5 cm³/mol. The largest absolute Gasteiger partial charge is 0.464 e. The second kappa shape index (κ2) is 8.19. The molecule has 2 aromatic carbocycles. The normalized spacial score (nSPS) is 11.5. The van der Waals surface area contributed by atoms with Crippen LogP contribution >= 0.6 is 0 Å². The molecule has 0 bridgehead atoms. The van der Waals surface area contributed by atoms with Gasteiger partial charge >= 0.3 is 5.97 Å². The van der Waals surface area contributed by atoms with Crippen LogP contribution in [-0.2, 0) is 14.3 Å². The van der Waals surface area contributed by atoms with Gasteiger partial charge in [-0.15, -0.1) is 0 Å². The molecule has 0 radical (unpaired) electrons. The third-order valence-corrected chi connectivity index (χ3v) is 3.47. The van der Waals surface area contributed by atoms with Crippen LogP contribution in [0.2, 0.25) is 0 Å². The fourth-order valence-electron chi connectivity index (χ4n) is 2.37. The van der Waals surface area contributed by atoms with Gasteiger partial charge in [-0.1, -0.05) is 30.3 Å². The molecule has 1 amide bonds. The van der Waals surface area contributed by atoms with Gasteiger partial charge in [0.1, 0.15) is 5.82 Å². The molecule has 130 valence electrons.